The summed E-state index contributed by atoms with van der Waals surface area (Å²) in [6.07, 6.45) is 1.60. The number of sulfonamides is 1. The molecule has 1 aromatic heterocycles. The minimum Gasteiger partial charge on any atom is -0.372 e. The molecule has 0 saturated heterocycles. The van der Waals surface area contributed by atoms with Gasteiger partial charge in [0.2, 0.25) is 10.0 Å². The Morgan fingerprint density at radius 3 is 2.50 bits per heavy atom. The number of nitrogens with zero attached hydrogens (tertiary/aromatic N) is 2. The molecule has 3 N–H and O–H groups in total. The number of rotatable bonds is 6. The van der Waals surface area contributed by atoms with E-state index < -0.39 is 21.0 Å². The van der Waals surface area contributed by atoms with Gasteiger partial charge >= 0.3 is 0 Å². The van der Waals surface area contributed by atoms with E-state index in [2.05, 4.69) is 10.3 Å². The van der Waals surface area contributed by atoms with Gasteiger partial charge in [-0.05, 0) is 35.9 Å². The van der Waals surface area contributed by atoms with Crippen LogP contribution in [0.3, 0.4) is 0 Å². The van der Waals surface area contributed by atoms with Crippen LogP contribution in [0.5, 0.6) is 0 Å². The van der Waals surface area contributed by atoms with E-state index in [1.165, 1.54) is 12.1 Å². The number of pyridine rings is 1. The standard InChI is InChI=1S/C18H15ClN4O4S/c19-13-5-3-4-12(10-13)18(16-6-1-2-9-21-16)22-15-8-7-14(23(24)25)11-17(15)28(20,26)27/h1-11,18,22H,(H2,20,26,27). The van der Waals surface area contributed by atoms with E-state index in [9.17, 15) is 18.5 Å². The van der Waals surface area contributed by atoms with Gasteiger partial charge in [0, 0.05) is 23.4 Å². The Bertz CT molecular complexity index is 1120. The fourth-order valence-corrected chi connectivity index (χ4v) is 3.61. The molecule has 3 aromatic rings. The van der Waals surface area contributed by atoms with E-state index in [0.717, 1.165) is 11.6 Å². The third-order valence-corrected chi connectivity index (χ3v) is 5.13. The predicted octanol–water partition coefficient (Wildman–Crippen LogP) is 3.49. The van der Waals surface area contributed by atoms with Crippen LogP contribution in [0, 0.1) is 10.1 Å². The molecule has 28 heavy (non-hydrogen) atoms. The average molecular weight is 419 g/mol. The molecule has 1 atom stereocenters. The van der Waals surface area contributed by atoms with Crippen LogP contribution in [0.4, 0.5) is 11.4 Å². The molecular formula is C18H15ClN4O4S. The van der Waals surface area contributed by atoms with Crippen LogP contribution < -0.4 is 10.5 Å². The molecule has 0 saturated carbocycles. The molecule has 0 fully saturated rings. The largest absolute Gasteiger partial charge is 0.372 e. The minimum atomic E-state index is -4.22. The fraction of sp³-hybridized carbons (Fsp3) is 0.0556. The molecule has 144 valence electrons. The number of non-ortho nitro benzene ring substituents is 1. The second-order valence-corrected chi connectivity index (χ2v) is 7.84. The number of halogens is 1. The Labute approximate surface area is 166 Å². The van der Waals surface area contributed by atoms with Crippen LogP contribution >= 0.6 is 11.6 Å². The summed E-state index contributed by atoms with van der Waals surface area (Å²) in [6.45, 7) is 0. The van der Waals surface area contributed by atoms with Gasteiger partial charge in [-0.2, -0.15) is 0 Å². The highest BCUT2D eigenvalue weighted by molar-refractivity contribution is 7.89. The smallest absolute Gasteiger partial charge is 0.270 e. The number of nitro groups is 1. The van der Waals surface area contributed by atoms with Crippen molar-refractivity contribution in [2.24, 2.45) is 5.14 Å². The van der Waals surface area contributed by atoms with Gasteiger partial charge in [0.25, 0.3) is 5.69 Å². The van der Waals surface area contributed by atoms with Crippen LogP contribution in [0.2, 0.25) is 5.02 Å². The molecular weight excluding hydrogens is 404 g/mol. The number of hydrogen-bond donors (Lipinski definition) is 2. The molecule has 0 aliphatic carbocycles. The molecule has 0 spiro atoms. The summed E-state index contributed by atoms with van der Waals surface area (Å²) >= 11 is 6.10. The maximum absolute atomic E-state index is 12.0. The zero-order valence-corrected chi connectivity index (χ0v) is 15.9. The molecule has 0 radical (unpaired) electrons. The average Bonchev–Trinajstić information content (AvgIpc) is 2.66. The van der Waals surface area contributed by atoms with Gasteiger partial charge in [-0.15, -0.1) is 0 Å². The molecule has 10 heteroatoms. The van der Waals surface area contributed by atoms with E-state index in [1.807, 2.05) is 0 Å². The zero-order chi connectivity index (χ0) is 20.3. The molecule has 1 heterocycles. The molecule has 2 aromatic carbocycles. The maximum atomic E-state index is 12.0. The minimum absolute atomic E-state index is 0.115. The van der Waals surface area contributed by atoms with Crippen molar-refractivity contribution < 1.29 is 13.3 Å². The number of benzene rings is 2. The lowest BCUT2D eigenvalue weighted by Crippen LogP contribution is -2.19. The van der Waals surface area contributed by atoms with Gasteiger partial charge in [0.1, 0.15) is 4.90 Å². The van der Waals surface area contributed by atoms with E-state index in [-0.39, 0.29) is 16.3 Å². The highest BCUT2D eigenvalue weighted by Crippen LogP contribution is 2.32. The number of primary sulfonamides is 1. The van der Waals surface area contributed by atoms with Gasteiger partial charge in [-0.25, -0.2) is 13.6 Å². The lowest BCUT2D eigenvalue weighted by molar-refractivity contribution is -0.385. The van der Waals surface area contributed by atoms with E-state index in [0.29, 0.717) is 10.7 Å². The monoisotopic (exact) mass is 418 g/mol. The third-order valence-electron chi connectivity index (χ3n) is 3.95. The first-order chi connectivity index (χ1) is 13.3. The molecule has 0 aliphatic heterocycles. The van der Waals surface area contributed by atoms with Crippen LogP contribution in [-0.2, 0) is 10.0 Å². The van der Waals surface area contributed by atoms with Crippen LogP contribution in [0.25, 0.3) is 0 Å². The Kier molecular flexibility index (Phi) is 5.59. The lowest BCUT2D eigenvalue weighted by Gasteiger charge is -2.21. The molecule has 3 rings (SSSR count). The summed E-state index contributed by atoms with van der Waals surface area (Å²) in [5.74, 6) is 0. The Morgan fingerprint density at radius 2 is 1.89 bits per heavy atom. The number of nitrogens with two attached hydrogens (primary N) is 1. The summed E-state index contributed by atoms with van der Waals surface area (Å²) in [6, 6.07) is 15.2. The zero-order valence-electron chi connectivity index (χ0n) is 14.3. The maximum Gasteiger partial charge on any atom is 0.270 e. The van der Waals surface area contributed by atoms with E-state index in [4.69, 9.17) is 16.7 Å². The van der Waals surface area contributed by atoms with Crippen molar-refractivity contribution in [1.29, 1.82) is 0 Å². The molecule has 0 aliphatic rings. The summed E-state index contributed by atoms with van der Waals surface area (Å²) in [7, 11) is -4.22. The highest BCUT2D eigenvalue weighted by atomic mass is 35.5. The fourth-order valence-electron chi connectivity index (χ4n) is 2.70. The van der Waals surface area contributed by atoms with E-state index >= 15 is 0 Å². The Morgan fingerprint density at radius 1 is 1.11 bits per heavy atom. The number of nitrogens with one attached hydrogen (secondary N) is 1. The van der Waals surface area contributed by atoms with Crippen molar-refractivity contribution in [3.05, 3.63) is 93.3 Å². The number of nitro benzene ring substituents is 1. The summed E-state index contributed by atoms with van der Waals surface area (Å²) in [5, 5.41) is 19.9. The van der Waals surface area contributed by atoms with Gasteiger partial charge < -0.3 is 5.32 Å². The first kappa shape index (κ1) is 19.7. The summed E-state index contributed by atoms with van der Waals surface area (Å²) in [4.78, 5) is 14.3. The predicted molar refractivity (Wildman–Crippen MR) is 106 cm³/mol. The highest BCUT2D eigenvalue weighted by Gasteiger charge is 2.23. The second-order valence-electron chi connectivity index (χ2n) is 5.87. The van der Waals surface area contributed by atoms with E-state index in [1.54, 1.807) is 48.7 Å². The molecule has 0 bridgehead atoms. The lowest BCUT2D eigenvalue weighted by atomic mass is 10.0. The molecule has 8 nitrogen and oxygen atoms in total. The number of aromatic nitrogens is 1. The van der Waals surface area contributed by atoms with Crippen LogP contribution in [0.1, 0.15) is 17.3 Å². The topological polar surface area (TPSA) is 128 Å². The Hall–Kier alpha value is -3.01. The van der Waals surface area contributed by atoms with Crippen molar-refractivity contribution in [2.75, 3.05) is 5.32 Å². The van der Waals surface area contributed by atoms with Crippen LogP contribution in [-0.4, -0.2) is 18.3 Å². The Balaban J connectivity index is 2.13. The second kappa shape index (κ2) is 7.93. The quantitative estimate of drug-likeness (QED) is 0.465. The van der Waals surface area contributed by atoms with Crippen molar-refractivity contribution in [1.82, 2.24) is 4.98 Å². The van der Waals surface area contributed by atoms with Gasteiger partial charge in [0.15, 0.2) is 0 Å². The van der Waals surface area contributed by atoms with Crippen molar-refractivity contribution in [2.45, 2.75) is 10.9 Å². The van der Waals surface area contributed by atoms with Gasteiger partial charge in [-0.3, -0.25) is 15.1 Å². The molecule has 0 amide bonds. The summed E-state index contributed by atoms with van der Waals surface area (Å²) < 4.78 is 24.0. The van der Waals surface area contributed by atoms with Crippen molar-refractivity contribution in [3.8, 4) is 0 Å². The van der Waals surface area contributed by atoms with Crippen LogP contribution in [0.15, 0.2) is 71.8 Å². The SMILES string of the molecule is NS(=O)(=O)c1cc([N+](=O)[O-])ccc1NC(c1cccc(Cl)c1)c1ccccn1. The van der Waals surface area contributed by atoms with Gasteiger partial charge in [-0.1, -0.05) is 29.8 Å². The summed E-state index contributed by atoms with van der Waals surface area (Å²) in [5.41, 5.74) is 1.06. The number of anilines is 1. The van der Waals surface area contributed by atoms with Gasteiger partial charge in [0.05, 0.1) is 22.3 Å². The van der Waals surface area contributed by atoms with Crippen molar-refractivity contribution in [3.63, 3.8) is 0 Å². The first-order valence-electron chi connectivity index (χ1n) is 8.00. The van der Waals surface area contributed by atoms with Crippen molar-refractivity contribution >= 4 is 33.0 Å². The normalized spacial score (nSPS) is 12.4. The first-order valence-corrected chi connectivity index (χ1v) is 9.92. The molecule has 1 unspecified atom stereocenters. The number of hydrogen-bond acceptors (Lipinski definition) is 6. The third kappa shape index (κ3) is 4.45.